The van der Waals surface area contributed by atoms with E-state index in [1.165, 1.54) is 12.8 Å². The van der Waals surface area contributed by atoms with Gasteiger partial charge < -0.3 is 11.1 Å². The van der Waals surface area contributed by atoms with E-state index in [0.717, 1.165) is 53.2 Å². The fraction of sp³-hybridized carbons (Fsp3) is 0.273. The van der Waals surface area contributed by atoms with Gasteiger partial charge in [-0.2, -0.15) is 0 Å². The Morgan fingerprint density at radius 3 is 2.27 bits per heavy atom. The average Bonchev–Trinajstić information content (AvgIpc) is 2.70. The molecule has 3 aromatic rings. The number of aromatic nitrogens is 2. The summed E-state index contributed by atoms with van der Waals surface area (Å²) < 4.78 is 0. The Hall–Kier alpha value is -1.56. The molecule has 3 N–H and O–H groups in total. The Kier molecular flexibility index (Phi) is 14.5. The van der Waals surface area contributed by atoms with Crippen LogP contribution in [0.4, 0.5) is 5.82 Å². The van der Waals surface area contributed by atoms with Crippen molar-refractivity contribution in [2.45, 2.75) is 25.7 Å². The third-order valence-corrected chi connectivity index (χ3v) is 4.59. The van der Waals surface area contributed by atoms with E-state index in [0.29, 0.717) is 5.82 Å². The summed E-state index contributed by atoms with van der Waals surface area (Å²) in [5.41, 5.74) is 7.54. The number of nitrogens with one attached hydrogen (secondary N) is 1. The van der Waals surface area contributed by atoms with Gasteiger partial charge in [-0.05, 0) is 55.3 Å². The van der Waals surface area contributed by atoms with Crippen LogP contribution >= 0.6 is 48.8 Å². The minimum atomic E-state index is 0. The summed E-state index contributed by atoms with van der Waals surface area (Å²) in [5, 5.41) is 5.25. The third kappa shape index (κ3) is 8.66. The molecule has 4 nitrogen and oxygen atoms in total. The lowest BCUT2D eigenvalue weighted by Gasteiger charge is -2.09. The van der Waals surface area contributed by atoms with Gasteiger partial charge in [0.15, 0.2) is 5.82 Å². The van der Waals surface area contributed by atoms with E-state index < -0.39 is 0 Å². The fourth-order valence-corrected chi connectivity index (χ4v) is 3.00. The Morgan fingerprint density at radius 1 is 0.833 bits per heavy atom. The summed E-state index contributed by atoms with van der Waals surface area (Å²) in [6.45, 7) is 1.67. The van der Waals surface area contributed by atoms with Crippen LogP contribution in [-0.4, -0.2) is 23.1 Å². The third-order valence-electron chi connectivity index (χ3n) is 4.34. The number of para-hydroxylation sites is 1. The van der Waals surface area contributed by atoms with Crippen molar-refractivity contribution in [3.8, 4) is 0 Å². The van der Waals surface area contributed by atoms with E-state index >= 15 is 0 Å². The van der Waals surface area contributed by atoms with Crippen LogP contribution in [0.15, 0.2) is 48.5 Å². The van der Waals surface area contributed by atoms with E-state index in [-0.39, 0.29) is 37.2 Å². The van der Waals surface area contributed by atoms with Crippen LogP contribution in [0, 0.1) is 0 Å². The summed E-state index contributed by atoms with van der Waals surface area (Å²) in [5.74, 6) is 1.57. The zero-order chi connectivity index (χ0) is 18.9. The predicted molar refractivity (Wildman–Crippen MR) is 138 cm³/mol. The summed E-state index contributed by atoms with van der Waals surface area (Å²) in [6, 6.07) is 15.8. The molecule has 0 aliphatic heterocycles. The second-order valence-electron chi connectivity index (χ2n) is 6.46. The van der Waals surface area contributed by atoms with E-state index in [9.17, 15) is 0 Å². The maximum atomic E-state index is 5.94. The Labute approximate surface area is 201 Å². The maximum absolute atomic E-state index is 5.94. The first-order chi connectivity index (χ1) is 13.3. The number of hydrogen-bond acceptors (Lipinski definition) is 4. The van der Waals surface area contributed by atoms with Crippen LogP contribution < -0.4 is 11.1 Å². The minimum absolute atomic E-state index is 0. The van der Waals surface area contributed by atoms with Crippen LogP contribution in [0.3, 0.4) is 0 Å². The SMILES string of the molecule is Cl.Cl.Cl.NCCCCCCNc1nc(/C=C/c2ccc(Cl)cc2)nc2ccccc12. The molecule has 0 fully saturated rings. The van der Waals surface area contributed by atoms with Crippen molar-refractivity contribution in [2.75, 3.05) is 18.4 Å². The molecule has 2 aromatic carbocycles. The largest absolute Gasteiger partial charge is 0.369 e. The lowest BCUT2D eigenvalue weighted by molar-refractivity contribution is 0.661. The number of rotatable bonds is 9. The maximum Gasteiger partial charge on any atom is 0.154 e. The molecule has 164 valence electrons. The molecular weight excluding hydrogens is 462 g/mol. The monoisotopic (exact) mass is 488 g/mol. The van der Waals surface area contributed by atoms with Crippen molar-refractivity contribution in [1.82, 2.24) is 9.97 Å². The topological polar surface area (TPSA) is 63.8 Å². The van der Waals surface area contributed by atoms with Gasteiger partial charge in [0.2, 0.25) is 0 Å². The molecule has 1 aromatic heterocycles. The van der Waals surface area contributed by atoms with Gasteiger partial charge in [0, 0.05) is 17.0 Å². The first-order valence-electron chi connectivity index (χ1n) is 9.40. The van der Waals surface area contributed by atoms with Gasteiger partial charge in [0.1, 0.15) is 5.82 Å². The highest BCUT2D eigenvalue weighted by Crippen LogP contribution is 2.21. The quantitative estimate of drug-likeness (QED) is 0.330. The lowest BCUT2D eigenvalue weighted by atomic mass is 10.2. The van der Waals surface area contributed by atoms with E-state index in [2.05, 4.69) is 16.4 Å². The Bertz CT molecular complexity index is 901. The van der Waals surface area contributed by atoms with Crippen LogP contribution in [0.1, 0.15) is 37.1 Å². The van der Waals surface area contributed by atoms with Gasteiger partial charge in [-0.25, -0.2) is 9.97 Å². The van der Waals surface area contributed by atoms with Crippen molar-refractivity contribution in [3.63, 3.8) is 0 Å². The Balaban J connectivity index is 0.00000280. The summed E-state index contributed by atoms with van der Waals surface area (Å²) in [6.07, 6.45) is 8.48. The number of nitrogens with two attached hydrogens (primary N) is 1. The smallest absolute Gasteiger partial charge is 0.154 e. The molecule has 0 radical (unpaired) electrons. The van der Waals surface area contributed by atoms with Crippen LogP contribution in [0.25, 0.3) is 23.1 Å². The van der Waals surface area contributed by atoms with E-state index in [4.69, 9.17) is 22.3 Å². The normalized spacial score (nSPS) is 10.2. The summed E-state index contributed by atoms with van der Waals surface area (Å²) >= 11 is 5.94. The second kappa shape index (κ2) is 15.3. The van der Waals surface area contributed by atoms with Crippen molar-refractivity contribution >= 4 is 77.7 Å². The Morgan fingerprint density at radius 2 is 1.53 bits per heavy atom. The fourth-order valence-electron chi connectivity index (χ4n) is 2.88. The number of nitrogens with zero attached hydrogens (tertiary/aromatic N) is 2. The standard InChI is InChI=1S/C22H25ClN4.3ClH/c23-18-12-9-17(10-13-18)11-14-21-26-20-8-4-3-7-19(20)22(27-21)25-16-6-2-1-5-15-24;;;/h3-4,7-14H,1-2,5-6,15-16,24H2,(H,25,26,27);3*1H/b14-11+;;;. The number of hydrogen-bond donors (Lipinski definition) is 2. The van der Waals surface area contributed by atoms with Crippen LogP contribution in [-0.2, 0) is 0 Å². The zero-order valence-corrected chi connectivity index (χ0v) is 19.8. The predicted octanol–water partition coefficient (Wildman–Crippen LogP) is 6.65. The first-order valence-corrected chi connectivity index (χ1v) is 9.78. The molecular formula is C22H28Cl4N4. The van der Waals surface area contributed by atoms with Crippen LogP contribution in [0.2, 0.25) is 5.02 Å². The van der Waals surface area contributed by atoms with Gasteiger partial charge in [-0.3, -0.25) is 0 Å². The van der Waals surface area contributed by atoms with Crippen molar-refractivity contribution in [3.05, 3.63) is 64.9 Å². The van der Waals surface area contributed by atoms with E-state index in [1.54, 1.807) is 0 Å². The average molecular weight is 490 g/mol. The number of fused-ring (bicyclic) bond motifs is 1. The highest BCUT2D eigenvalue weighted by Gasteiger charge is 2.05. The molecule has 8 heteroatoms. The molecule has 1 heterocycles. The molecule has 0 amide bonds. The van der Waals surface area contributed by atoms with Crippen LogP contribution in [0.5, 0.6) is 0 Å². The van der Waals surface area contributed by atoms with Crippen molar-refractivity contribution < 1.29 is 0 Å². The highest BCUT2D eigenvalue weighted by atomic mass is 35.5. The second-order valence-corrected chi connectivity index (χ2v) is 6.90. The summed E-state index contributed by atoms with van der Waals surface area (Å²) in [4.78, 5) is 9.37. The van der Waals surface area contributed by atoms with E-state index in [1.807, 2.05) is 54.6 Å². The molecule has 0 aliphatic rings. The molecule has 0 unspecified atom stereocenters. The zero-order valence-electron chi connectivity index (χ0n) is 16.6. The molecule has 0 atom stereocenters. The number of benzene rings is 2. The van der Waals surface area contributed by atoms with Gasteiger partial charge in [0.25, 0.3) is 0 Å². The molecule has 0 spiro atoms. The first kappa shape index (κ1) is 28.4. The van der Waals surface area contributed by atoms with Crippen molar-refractivity contribution in [2.24, 2.45) is 5.73 Å². The molecule has 30 heavy (non-hydrogen) atoms. The van der Waals surface area contributed by atoms with Gasteiger partial charge >= 0.3 is 0 Å². The summed E-state index contributed by atoms with van der Waals surface area (Å²) in [7, 11) is 0. The van der Waals surface area contributed by atoms with Gasteiger partial charge in [-0.15, -0.1) is 37.2 Å². The molecule has 0 aliphatic carbocycles. The van der Waals surface area contributed by atoms with Gasteiger partial charge in [-0.1, -0.05) is 54.8 Å². The van der Waals surface area contributed by atoms with Crippen molar-refractivity contribution in [1.29, 1.82) is 0 Å². The number of anilines is 1. The minimum Gasteiger partial charge on any atom is -0.369 e. The molecule has 0 bridgehead atoms. The highest BCUT2D eigenvalue weighted by molar-refractivity contribution is 6.30. The molecule has 0 saturated heterocycles. The number of halogens is 4. The number of unbranched alkanes of at least 4 members (excludes halogenated alkanes) is 3. The molecule has 0 saturated carbocycles. The lowest BCUT2D eigenvalue weighted by Crippen LogP contribution is -2.06. The molecule has 3 rings (SSSR count). The van der Waals surface area contributed by atoms with Gasteiger partial charge in [0.05, 0.1) is 5.52 Å².